The van der Waals surface area contributed by atoms with Crippen LogP contribution in [0.1, 0.15) is 17.4 Å². The van der Waals surface area contributed by atoms with Gasteiger partial charge in [-0.05, 0) is 23.8 Å². The average molecular weight is 333 g/mol. The van der Waals surface area contributed by atoms with E-state index in [-0.39, 0.29) is 6.10 Å². The zero-order valence-electron chi connectivity index (χ0n) is 13.4. The van der Waals surface area contributed by atoms with Crippen molar-refractivity contribution in [2.45, 2.75) is 12.6 Å². The Morgan fingerprint density at radius 2 is 2.04 bits per heavy atom. The Kier molecular flexibility index (Phi) is 5.10. The van der Waals surface area contributed by atoms with E-state index >= 15 is 0 Å². The Balaban J connectivity index is 1.67. The molecule has 0 spiro atoms. The normalized spacial score (nSPS) is 18.8. The van der Waals surface area contributed by atoms with Crippen molar-refractivity contribution in [3.63, 3.8) is 0 Å². The van der Waals surface area contributed by atoms with Crippen molar-refractivity contribution in [1.82, 2.24) is 14.9 Å². The SMILES string of the molecule is CN(C)c1nccc(CN2CCO[C@H](c3ccc(Cl)cc3)C2)n1. The standard InChI is InChI=1S/C17H21ClN4O/c1-21(2)17-19-8-7-15(20-17)11-22-9-10-23-16(12-22)13-3-5-14(18)6-4-13/h3-8,16H,9-12H2,1-2H3/t16-/m0/s1. The molecule has 1 fully saturated rings. The first-order valence-corrected chi connectivity index (χ1v) is 8.08. The van der Waals surface area contributed by atoms with E-state index in [1.54, 1.807) is 0 Å². The molecule has 0 amide bonds. The van der Waals surface area contributed by atoms with Crippen LogP contribution in [0.3, 0.4) is 0 Å². The van der Waals surface area contributed by atoms with Crippen LogP contribution in [0.4, 0.5) is 5.95 Å². The van der Waals surface area contributed by atoms with E-state index in [1.165, 1.54) is 0 Å². The Hall–Kier alpha value is -1.69. The third-order valence-electron chi connectivity index (χ3n) is 3.88. The van der Waals surface area contributed by atoms with E-state index in [1.807, 2.05) is 55.5 Å². The van der Waals surface area contributed by atoms with E-state index in [0.717, 1.165) is 48.5 Å². The minimum Gasteiger partial charge on any atom is -0.371 e. The average Bonchev–Trinajstić information content (AvgIpc) is 2.56. The zero-order chi connectivity index (χ0) is 16.2. The van der Waals surface area contributed by atoms with Crippen molar-refractivity contribution in [2.75, 3.05) is 38.7 Å². The second-order valence-electron chi connectivity index (χ2n) is 5.89. The molecule has 6 heteroatoms. The lowest BCUT2D eigenvalue weighted by atomic mass is 10.1. The highest BCUT2D eigenvalue weighted by Gasteiger charge is 2.22. The lowest BCUT2D eigenvalue weighted by molar-refractivity contribution is -0.0332. The van der Waals surface area contributed by atoms with E-state index < -0.39 is 0 Å². The number of rotatable bonds is 4. The molecule has 0 bridgehead atoms. The number of aromatic nitrogens is 2. The highest BCUT2D eigenvalue weighted by atomic mass is 35.5. The van der Waals surface area contributed by atoms with Gasteiger partial charge in [0, 0.05) is 44.9 Å². The molecule has 1 aromatic carbocycles. The maximum absolute atomic E-state index is 5.96. The van der Waals surface area contributed by atoms with E-state index in [9.17, 15) is 0 Å². The summed E-state index contributed by atoms with van der Waals surface area (Å²) in [6.07, 6.45) is 1.89. The Morgan fingerprint density at radius 3 is 2.78 bits per heavy atom. The summed E-state index contributed by atoms with van der Waals surface area (Å²) >= 11 is 5.96. The van der Waals surface area contributed by atoms with Gasteiger partial charge in [0.2, 0.25) is 5.95 Å². The predicted molar refractivity (Wildman–Crippen MR) is 91.8 cm³/mol. The minimum absolute atomic E-state index is 0.0798. The van der Waals surface area contributed by atoms with Crippen LogP contribution in [-0.2, 0) is 11.3 Å². The second kappa shape index (κ2) is 7.25. The predicted octanol–water partition coefficient (Wildman–Crippen LogP) is 2.77. The molecule has 1 aliphatic heterocycles. The third-order valence-corrected chi connectivity index (χ3v) is 4.13. The molecule has 3 rings (SSSR count). The van der Waals surface area contributed by atoms with Gasteiger partial charge >= 0.3 is 0 Å². The number of benzene rings is 1. The Bertz CT molecular complexity index is 647. The Morgan fingerprint density at radius 1 is 1.26 bits per heavy atom. The molecule has 0 unspecified atom stereocenters. The molecule has 2 heterocycles. The summed E-state index contributed by atoms with van der Waals surface area (Å²) in [6, 6.07) is 9.86. The number of ether oxygens (including phenoxy) is 1. The molecule has 0 saturated carbocycles. The molecule has 1 aliphatic rings. The molecular formula is C17H21ClN4O. The van der Waals surface area contributed by atoms with Crippen molar-refractivity contribution in [2.24, 2.45) is 0 Å². The monoisotopic (exact) mass is 332 g/mol. The zero-order valence-corrected chi connectivity index (χ0v) is 14.2. The van der Waals surface area contributed by atoms with Crippen LogP contribution in [0, 0.1) is 0 Å². The van der Waals surface area contributed by atoms with Crippen LogP contribution in [0.25, 0.3) is 0 Å². The number of hydrogen-bond acceptors (Lipinski definition) is 5. The first-order valence-electron chi connectivity index (χ1n) is 7.70. The topological polar surface area (TPSA) is 41.5 Å². The second-order valence-corrected chi connectivity index (χ2v) is 6.32. The first-order chi connectivity index (χ1) is 11.1. The highest BCUT2D eigenvalue weighted by Crippen LogP contribution is 2.24. The molecule has 122 valence electrons. The fraction of sp³-hybridized carbons (Fsp3) is 0.412. The van der Waals surface area contributed by atoms with Gasteiger partial charge in [0.15, 0.2) is 0 Å². The van der Waals surface area contributed by atoms with Gasteiger partial charge in [-0.25, -0.2) is 9.97 Å². The highest BCUT2D eigenvalue weighted by molar-refractivity contribution is 6.30. The van der Waals surface area contributed by atoms with Gasteiger partial charge in [-0.2, -0.15) is 0 Å². The molecule has 0 radical (unpaired) electrons. The smallest absolute Gasteiger partial charge is 0.225 e. The summed E-state index contributed by atoms with van der Waals surface area (Å²) < 4.78 is 5.91. The van der Waals surface area contributed by atoms with Gasteiger partial charge in [0.1, 0.15) is 0 Å². The van der Waals surface area contributed by atoms with Crippen LogP contribution in [0.2, 0.25) is 5.02 Å². The van der Waals surface area contributed by atoms with Gasteiger partial charge in [0.05, 0.1) is 18.4 Å². The number of halogens is 1. The number of nitrogens with zero attached hydrogens (tertiary/aromatic N) is 4. The summed E-state index contributed by atoms with van der Waals surface area (Å²) in [7, 11) is 3.90. The molecule has 1 saturated heterocycles. The maximum atomic E-state index is 5.96. The number of morpholine rings is 1. The number of anilines is 1. The summed E-state index contributed by atoms with van der Waals surface area (Å²) in [5, 5.41) is 0.749. The minimum atomic E-state index is 0.0798. The van der Waals surface area contributed by atoms with Gasteiger partial charge in [-0.3, -0.25) is 4.90 Å². The lowest BCUT2D eigenvalue weighted by Gasteiger charge is -2.33. The van der Waals surface area contributed by atoms with Gasteiger partial charge in [-0.15, -0.1) is 0 Å². The molecule has 2 aromatic rings. The van der Waals surface area contributed by atoms with Crippen molar-refractivity contribution in [3.8, 4) is 0 Å². The Labute approximate surface area is 141 Å². The molecule has 5 nitrogen and oxygen atoms in total. The lowest BCUT2D eigenvalue weighted by Crippen LogP contribution is -2.38. The summed E-state index contributed by atoms with van der Waals surface area (Å²) in [5.41, 5.74) is 2.19. The molecular weight excluding hydrogens is 312 g/mol. The third kappa shape index (κ3) is 4.19. The largest absolute Gasteiger partial charge is 0.371 e. The summed E-state index contributed by atoms with van der Waals surface area (Å²) in [4.78, 5) is 13.1. The molecule has 1 atom stereocenters. The van der Waals surface area contributed by atoms with E-state index in [0.29, 0.717) is 0 Å². The first kappa shape index (κ1) is 16.2. The fourth-order valence-electron chi connectivity index (χ4n) is 2.64. The van der Waals surface area contributed by atoms with Crippen molar-refractivity contribution in [3.05, 3.63) is 52.8 Å². The van der Waals surface area contributed by atoms with Gasteiger partial charge in [0.25, 0.3) is 0 Å². The quantitative estimate of drug-likeness (QED) is 0.861. The molecule has 1 aromatic heterocycles. The summed E-state index contributed by atoms with van der Waals surface area (Å²) in [6.45, 7) is 3.28. The molecule has 0 aliphatic carbocycles. The van der Waals surface area contributed by atoms with Crippen molar-refractivity contribution < 1.29 is 4.74 Å². The summed E-state index contributed by atoms with van der Waals surface area (Å²) in [5.74, 6) is 0.741. The van der Waals surface area contributed by atoms with Crippen molar-refractivity contribution in [1.29, 1.82) is 0 Å². The fourth-order valence-corrected chi connectivity index (χ4v) is 2.77. The van der Waals surface area contributed by atoms with Crippen LogP contribution >= 0.6 is 11.6 Å². The van der Waals surface area contributed by atoms with Crippen LogP contribution < -0.4 is 4.90 Å². The van der Waals surface area contributed by atoms with Crippen LogP contribution in [0.15, 0.2) is 36.5 Å². The van der Waals surface area contributed by atoms with Crippen molar-refractivity contribution >= 4 is 17.5 Å². The number of hydrogen-bond donors (Lipinski definition) is 0. The van der Waals surface area contributed by atoms with E-state index in [4.69, 9.17) is 16.3 Å². The molecule has 23 heavy (non-hydrogen) atoms. The van der Waals surface area contributed by atoms with Crippen LogP contribution in [-0.4, -0.2) is 48.7 Å². The van der Waals surface area contributed by atoms with Gasteiger partial charge in [-0.1, -0.05) is 23.7 Å². The molecule has 0 N–H and O–H groups in total. The van der Waals surface area contributed by atoms with E-state index in [2.05, 4.69) is 14.9 Å². The maximum Gasteiger partial charge on any atom is 0.225 e. The van der Waals surface area contributed by atoms with Crippen LogP contribution in [0.5, 0.6) is 0 Å². The van der Waals surface area contributed by atoms with Gasteiger partial charge < -0.3 is 9.64 Å².